The number of sulfonamides is 1. The molecule has 1 atom stereocenters. The first-order valence-electron chi connectivity index (χ1n) is 10.1. The molecule has 0 aliphatic heterocycles. The molecule has 0 unspecified atom stereocenters. The highest BCUT2D eigenvalue weighted by Crippen LogP contribution is 2.28. The van der Waals surface area contributed by atoms with Crippen molar-refractivity contribution in [2.24, 2.45) is 0 Å². The summed E-state index contributed by atoms with van der Waals surface area (Å²) < 4.78 is 33.5. The molecule has 9 heteroatoms. The van der Waals surface area contributed by atoms with Crippen molar-refractivity contribution in [2.45, 2.75) is 24.8 Å². The zero-order chi connectivity index (χ0) is 24.0. The number of carbonyl (C=O) groups is 2. The van der Waals surface area contributed by atoms with Gasteiger partial charge in [-0.25, -0.2) is 13.1 Å². The van der Waals surface area contributed by atoms with Gasteiger partial charge in [0.05, 0.1) is 9.92 Å². The van der Waals surface area contributed by atoms with Crippen molar-refractivity contribution < 1.29 is 22.7 Å². The molecule has 7 nitrogen and oxygen atoms in total. The van der Waals surface area contributed by atoms with Gasteiger partial charge in [-0.2, -0.15) is 0 Å². The second-order valence-electron chi connectivity index (χ2n) is 7.32. The Kier molecular flexibility index (Phi) is 7.86. The Morgan fingerprint density at radius 1 is 1.00 bits per heavy atom. The van der Waals surface area contributed by atoms with Crippen molar-refractivity contribution in [1.82, 2.24) is 4.72 Å². The molecule has 0 spiro atoms. The van der Waals surface area contributed by atoms with Crippen molar-refractivity contribution >= 4 is 39.0 Å². The van der Waals surface area contributed by atoms with Gasteiger partial charge in [0.25, 0.3) is 5.91 Å². The van der Waals surface area contributed by atoms with E-state index in [2.05, 4.69) is 10.0 Å². The molecule has 0 aliphatic rings. The molecule has 0 saturated carbocycles. The van der Waals surface area contributed by atoms with E-state index < -0.39 is 22.0 Å². The lowest BCUT2D eigenvalue weighted by Gasteiger charge is -2.15. The van der Waals surface area contributed by atoms with Crippen LogP contribution in [-0.2, 0) is 14.8 Å². The summed E-state index contributed by atoms with van der Waals surface area (Å²) in [6.07, 6.45) is 0. The average molecular weight is 487 g/mol. The molecule has 172 valence electrons. The molecule has 1 amide bonds. The maximum absolute atomic E-state index is 12.7. The summed E-state index contributed by atoms with van der Waals surface area (Å²) >= 11 is 6.20. The number of hydrogen-bond acceptors (Lipinski definition) is 5. The first-order valence-corrected chi connectivity index (χ1v) is 11.9. The predicted molar refractivity (Wildman–Crippen MR) is 127 cm³/mol. The van der Waals surface area contributed by atoms with Crippen LogP contribution in [0.3, 0.4) is 0 Å². The van der Waals surface area contributed by atoms with Gasteiger partial charge in [0.1, 0.15) is 5.75 Å². The second kappa shape index (κ2) is 10.6. The van der Waals surface area contributed by atoms with Gasteiger partial charge in [-0.15, -0.1) is 0 Å². The fourth-order valence-corrected chi connectivity index (χ4v) is 4.59. The van der Waals surface area contributed by atoms with E-state index in [1.54, 1.807) is 31.2 Å². The Morgan fingerprint density at radius 2 is 1.73 bits per heavy atom. The maximum Gasteiger partial charge on any atom is 0.262 e. The number of anilines is 1. The normalized spacial score (nSPS) is 12.1. The minimum absolute atomic E-state index is 0.0202. The Balaban J connectivity index is 1.62. The highest BCUT2D eigenvalue weighted by molar-refractivity contribution is 7.89. The van der Waals surface area contributed by atoms with Crippen LogP contribution in [0.1, 0.15) is 35.8 Å². The molecule has 0 bridgehead atoms. The average Bonchev–Trinajstić information content (AvgIpc) is 2.78. The van der Waals surface area contributed by atoms with Crippen molar-refractivity contribution in [3.05, 3.63) is 88.9 Å². The van der Waals surface area contributed by atoms with Crippen molar-refractivity contribution in [3.63, 3.8) is 0 Å². The number of benzene rings is 3. The van der Waals surface area contributed by atoms with E-state index in [1.807, 2.05) is 30.3 Å². The number of hydrogen-bond donors (Lipinski definition) is 2. The molecule has 0 aliphatic carbocycles. The SMILES string of the molecule is CC(=O)c1cccc(NC(=O)COc2ccc(S(=O)(=O)N[C@H](C)c3ccccc3)cc2Cl)c1. The Bertz CT molecular complexity index is 1260. The molecule has 0 aromatic heterocycles. The molecule has 33 heavy (non-hydrogen) atoms. The third kappa shape index (κ3) is 6.64. The van der Waals surface area contributed by atoms with E-state index in [-0.39, 0.29) is 28.1 Å². The monoisotopic (exact) mass is 486 g/mol. The number of nitrogens with one attached hydrogen (secondary N) is 2. The van der Waals surface area contributed by atoms with E-state index in [0.29, 0.717) is 11.3 Å². The van der Waals surface area contributed by atoms with Crippen LogP contribution in [0.15, 0.2) is 77.7 Å². The summed E-state index contributed by atoms with van der Waals surface area (Å²) in [5.74, 6) is -0.405. The number of ether oxygens (including phenoxy) is 1. The van der Waals surface area contributed by atoms with Gasteiger partial charge in [0.15, 0.2) is 12.4 Å². The van der Waals surface area contributed by atoms with Crippen LogP contribution in [-0.4, -0.2) is 26.7 Å². The topological polar surface area (TPSA) is 102 Å². The number of rotatable bonds is 9. The van der Waals surface area contributed by atoms with E-state index in [4.69, 9.17) is 16.3 Å². The maximum atomic E-state index is 12.7. The highest BCUT2D eigenvalue weighted by Gasteiger charge is 2.20. The minimum atomic E-state index is -3.83. The molecule has 0 radical (unpaired) electrons. The lowest BCUT2D eigenvalue weighted by atomic mass is 10.1. The van der Waals surface area contributed by atoms with Gasteiger partial charge in [-0.05, 0) is 49.7 Å². The summed E-state index contributed by atoms with van der Waals surface area (Å²) in [6, 6.07) is 19.3. The third-order valence-electron chi connectivity index (χ3n) is 4.76. The van der Waals surface area contributed by atoms with Crippen LogP contribution in [0.4, 0.5) is 5.69 Å². The smallest absolute Gasteiger partial charge is 0.262 e. The van der Waals surface area contributed by atoms with Crippen molar-refractivity contribution in [3.8, 4) is 5.75 Å². The standard InChI is InChI=1S/C24H23ClN2O5S/c1-16(18-7-4-3-5-8-18)27-33(30,31)21-11-12-23(22(25)14-21)32-15-24(29)26-20-10-6-9-19(13-20)17(2)28/h3-14,16,27H,15H2,1-2H3,(H,26,29)/t16-/m1/s1. The quantitative estimate of drug-likeness (QED) is 0.430. The molecule has 2 N–H and O–H groups in total. The van der Waals surface area contributed by atoms with E-state index in [1.165, 1.54) is 25.1 Å². The first kappa shape index (κ1) is 24.4. The Hall–Kier alpha value is -3.20. The summed E-state index contributed by atoms with van der Waals surface area (Å²) in [5, 5.41) is 2.69. The van der Waals surface area contributed by atoms with Crippen LogP contribution in [0, 0.1) is 0 Å². The molecule has 3 aromatic carbocycles. The number of Topliss-reactive ketones (excluding diaryl/α,β-unsaturated/α-hetero) is 1. The lowest BCUT2D eigenvalue weighted by Crippen LogP contribution is -2.27. The van der Waals surface area contributed by atoms with Crippen LogP contribution in [0.2, 0.25) is 5.02 Å². The predicted octanol–water partition coefficient (Wildman–Crippen LogP) is 4.60. The van der Waals surface area contributed by atoms with Gasteiger partial charge in [0.2, 0.25) is 10.0 Å². The Labute approximate surface area is 197 Å². The van der Waals surface area contributed by atoms with Gasteiger partial charge < -0.3 is 10.1 Å². The van der Waals surface area contributed by atoms with E-state index in [9.17, 15) is 18.0 Å². The number of ketones is 1. The number of carbonyl (C=O) groups excluding carboxylic acids is 2. The zero-order valence-corrected chi connectivity index (χ0v) is 19.6. The largest absolute Gasteiger partial charge is 0.482 e. The summed E-state index contributed by atoms with van der Waals surface area (Å²) in [4.78, 5) is 23.6. The van der Waals surface area contributed by atoms with E-state index in [0.717, 1.165) is 5.56 Å². The molecule has 0 heterocycles. The molecule has 0 saturated heterocycles. The first-order chi connectivity index (χ1) is 15.7. The van der Waals surface area contributed by atoms with Crippen LogP contribution < -0.4 is 14.8 Å². The van der Waals surface area contributed by atoms with Gasteiger partial charge in [-0.1, -0.05) is 54.1 Å². The van der Waals surface area contributed by atoms with Crippen LogP contribution >= 0.6 is 11.6 Å². The molecular formula is C24H23ClN2O5S. The number of halogens is 1. The van der Waals surface area contributed by atoms with Gasteiger partial charge >= 0.3 is 0 Å². The summed E-state index contributed by atoms with van der Waals surface area (Å²) in [5.41, 5.74) is 1.76. The highest BCUT2D eigenvalue weighted by atomic mass is 35.5. The second-order valence-corrected chi connectivity index (χ2v) is 9.44. The fraction of sp³-hybridized carbons (Fsp3) is 0.167. The lowest BCUT2D eigenvalue weighted by molar-refractivity contribution is -0.118. The van der Waals surface area contributed by atoms with Gasteiger partial charge in [0, 0.05) is 17.3 Å². The van der Waals surface area contributed by atoms with Crippen molar-refractivity contribution in [2.75, 3.05) is 11.9 Å². The van der Waals surface area contributed by atoms with Crippen molar-refractivity contribution in [1.29, 1.82) is 0 Å². The Morgan fingerprint density at radius 3 is 2.39 bits per heavy atom. The third-order valence-corrected chi connectivity index (χ3v) is 6.59. The van der Waals surface area contributed by atoms with Crippen LogP contribution in [0.5, 0.6) is 5.75 Å². The summed E-state index contributed by atoms with van der Waals surface area (Å²) in [6.45, 7) is 2.84. The zero-order valence-electron chi connectivity index (χ0n) is 18.0. The minimum Gasteiger partial charge on any atom is -0.482 e. The van der Waals surface area contributed by atoms with Crippen LogP contribution in [0.25, 0.3) is 0 Å². The molecular weight excluding hydrogens is 464 g/mol. The molecule has 3 rings (SSSR count). The molecule has 0 fully saturated rings. The fourth-order valence-electron chi connectivity index (χ4n) is 3.03. The van der Waals surface area contributed by atoms with Gasteiger partial charge in [-0.3, -0.25) is 9.59 Å². The van der Waals surface area contributed by atoms with E-state index >= 15 is 0 Å². The molecule has 3 aromatic rings. The summed E-state index contributed by atoms with van der Waals surface area (Å²) in [7, 11) is -3.83. The number of amides is 1.